The van der Waals surface area contributed by atoms with E-state index < -0.39 is 0 Å². The van der Waals surface area contributed by atoms with Crippen molar-refractivity contribution in [2.24, 2.45) is 0 Å². The normalized spacial score (nSPS) is 14.5. The first-order chi connectivity index (χ1) is 14.6. The molecule has 0 unspecified atom stereocenters. The Bertz CT molecular complexity index is 1010. The molecule has 1 fully saturated rings. The number of nitrogens with one attached hydrogen (secondary N) is 1. The van der Waals surface area contributed by atoms with Gasteiger partial charge < -0.3 is 14.6 Å². The second-order valence-electron chi connectivity index (χ2n) is 7.39. The fourth-order valence-corrected chi connectivity index (χ4v) is 3.49. The lowest BCUT2D eigenvalue weighted by Gasteiger charge is -2.34. The minimum Gasteiger partial charge on any atom is -0.472 e. The molecule has 1 aliphatic heterocycles. The van der Waals surface area contributed by atoms with Gasteiger partial charge in [-0.05, 0) is 42.8 Å². The van der Waals surface area contributed by atoms with Gasteiger partial charge in [-0.25, -0.2) is 0 Å². The van der Waals surface area contributed by atoms with Gasteiger partial charge >= 0.3 is 0 Å². The van der Waals surface area contributed by atoms with Gasteiger partial charge in [0.1, 0.15) is 6.26 Å². The fourth-order valence-electron chi connectivity index (χ4n) is 3.49. The molecule has 2 aromatic heterocycles. The number of rotatable bonds is 5. The lowest BCUT2D eigenvalue weighted by Crippen LogP contribution is -2.48. The van der Waals surface area contributed by atoms with Crippen LogP contribution in [-0.4, -0.2) is 52.8 Å². The number of piperazine rings is 1. The van der Waals surface area contributed by atoms with E-state index in [0.717, 1.165) is 30.9 Å². The molecule has 1 N–H and O–H groups in total. The summed E-state index contributed by atoms with van der Waals surface area (Å²) >= 11 is 0. The number of benzene rings is 1. The van der Waals surface area contributed by atoms with Crippen molar-refractivity contribution < 1.29 is 14.0 Å². The summed E-state index contributed by atoms with van der Waals surface area (Å²) < 4.78 is 4.96. The molecule has 4 rings (SSSR count). The maximum Gasteiger partial charge on any atom is 0.258 e. The molecular weight excluding hydrogens is 380 g/mol. The third-order valence-electron chi connectivity index (χ3n) is 5.29. The van der Waals surface area contributed by atoms with Crippen LogP contribution in [0.1, 0.15) is 32.0 Å². The van der Waals surface area contributed by atoms with E-state index in [0.29, 0.717) is 29.9 Å². The van der Waals surface area contributed by atoms with Crippen molar-refractivity contribution >= 4 is 17.5 Å². The monoisotopic (exact) mass is 404 g/mol. The van der Waals surface area contributed by atoms with E-state index in [1.54, 1.807) is 18.3 Å². The molecule has 0 bridgehead atoms. The molecule has 7 heteroatoms. The molecule has 1 aromatic carbocycles. The molecule has 1 saturated heterocycles. The van der Waals surface area contributed by atoms with Crippen LogP contribution in [0.2, 0.25) is 0 Å². The van der Waals surface area contributed by atoms with Crippen LogP contribution in [0.25, 0.3) is 0 Å². The van der Waals surface area contributed by atoms with Crippen LogP contribution in [0.4, 0.5) is 5.69 Å². The molecule has 1 aliphatic rings. The average molecular weight is 404 g/mol. The topological polar surface area (TPSA) is 78.7 Å². The zero-order chi connectivity index (χ0) is 20.9. The second kappa shape index (κ2) is 8.92. The zero-order valence-electron chi connectivity index (χ0n) is 16.9. The first kappa shape index (κ1) is 19.8. The van der Waals surface area contributed by atoms with Crippen LogP contribution in [-0.2, 0) is 6.54 Å². The predicted octanol–water partition coefficient (Wildman–Crippen LogP) is 3.19. The molecule has 0 radical (unpaired) electrons. The lowest BCUT2D eigenvalue weighted by molar-refractivity contribution is 0.0627. The van der Waals surface area contributed by atoms with E-state index >= 15 is 0 Å². The lowest BCUT2D eigenvalue weighted by atomic mass is 10.1. The molecule has 0 saturated carbocycles. The first-order valence-electron chi connectivity index (χ1n) is 9.96. The summed E-state index contributed by atoms with van der Waals surface area (Å²) in [5.74, 6) is -0.286. The highest BCUT2D eigenvalue weighted by atomic mass is 16.3. The van der Waals surface area contributed by atoms with Crippen LogP contribution < -0.4 is 5.32 Å². The molecule has 7 nitrogen and oxygen atoms in total. The van der Waals surface area contributed by atoms with E-state index in [9.17, 15) is 9.59 Å². The van der Waals surface area contributed by atoms with E-state index in [4.69, 9.17) is 4.42 Å². The number of nitrogens with zero attached hydrogens (tertiary/aromatic N) is 3. The van der Waals surface area contributed by atoms with Gasteiger partial charge in [0.05, 0.1) is 17.5 Å². The van der Waals surface area contributed by atoms with Crippen molar-refractivity contribution in [1.29, 1.82) is 0 Å². The van der Waals surface area contributed by atoms with Crippen LogP contribution in [0.15, 0.2) is 65.6 Å². The average Bonchev–Trinajstić information content (AvgIpc) is 3.31. The minimum absolute atomic E-state index is 0.0219. The third-order valence-corrected chi connectivity index (χ3v) is 5.29. The number of anilines is 1. The Morgan fingerprint density at radius 3 is 2.60 bits per heavy atom. The number of carbonyl (C=O) groups is 2. The molecule has 0 spiro atoms. The van der Waals surface area contributed by atoms with Crippen molar-refractivity contribution in [1.82, 2.24) is 14.8 Å². The Kier molecular flexibility index (Phi) is 5.90. The van der Waals surface area contributed by atoms with Crippen molar-refractivity contribution in [2.45, 2.75) is 13.5 Å². The highest BCUT2D eigenvalue weighted by molar-refractivity contribution is 6.05. The Balaban J connectivity index is 1.38. The van der Waals surface area contributed by atoms with E-state index in [1.165, 1.54) is 12.5 Å². The van der Waals surface area contributed by atoms with Gasteiger partial charge in [0.2, 0.25) is 0 Å². The van der Waals surface area contributed by atoms with E-state index in [1.807, 2.05) is 42.2 Å². The van der Waals surface area contributed by atoms with Crippen LogP contribution >= 0.6 is 0 Å². The number of furan rings is 1. The predicted molar refractivity (Wildman–Crippen MR) is 113 cm³/mol. The number of amides is 2. The Morgan fingerprint density at radius 2 is 1.90 bits per heavy atom. The summed E-state index contributed by atoms with van der Waals surface area (Å²) in [7, 11) is 0. The number of hydrogen-bond donors (Lipinski definition) is 1. The van der Waals surface area contributed by atoms with Crippen molar-refractivity contribution in [3.05, 3.63) is 83.6 Å². The molecule has 3 aromatic rings. The Labute approximate surface area is 175 Å². The third kappa shape index (κ3) is 4.58. The number of aromatic nitrogens is 1. The molecule has 154 valence electrons. The van der Waals surface area contributed by atoms with Gasteiger partial charge in [-0.2, -0.15) is 0 Å². The molecule has 0 atom stereocenters. The summed E-state index contributed by atoms with van der Waals surface area (Å²) in [6.07, 6.45) is 4.65. The first-order valence-corrected chi connectivity index (χ1v) is 9.96. The van der Waals surface area contributed by atoms with Crippen LogP contribution in [0.3, 0.4) is 0 Å². The Hall–Kier alpha value is -3.45. The standard InChI is InChI=1S/C23H24N4O3/c1-17-5-6-18(14-21(17)25-22(28)19-7-13-30-16-19)23(29)27-11-9-26(10-12-27)15-20-4-2-3-8-24-20/h2-8,13-14,16H,9-12,15H2,1H3,(H,25,28). The summed E-state index contributed by atoms with van der Waals surface area (Å²) in [4.78, 5) is 33.9. The number of pyridine rings is 1. The zero-order valence-corrected chi connectivity index (χ0v) is 16.9. The van der Waals surface area contributed by atoms with Gasteiger partial charge in [-0.3, -0.25) is 19.5 Å². The van der Waals surface area contributed by atoms with Crippen molar-refractivity contribution in [2.75, 3.05) is 31.5 Å². The summed E-state index contributed by atoms with van der Waals surface area (Å²) in [5.41, 5.74) is 3.56. The highest BCUT2D eigenvalue weighted by Gasteiger charge is 2.23. The molecule has 0 aliphatic carbocycles. The van der Waals surface area contributed by atoms with Gasteiger partial charge in [-0.15, -0.1) is 0 Å². The van der Waals surface area contributed by atoms with Crippen LogP contribution in [0, 0.1) is 6.92 Å². The molecular formula is C23H24N4O3. The van der Waals surface area contributed by atoms with Crippen molar-refractivity contribution in [3.8, 4) is 0 Å². The highest BCUT2D eigenvalue weighted by Crippen LogP contribution is 2.20. The largest absolute Gasteiger partial charge is 0.472 e. The number of carbonyl (C=O) groups excluding carboxylic acids is 2. The molecule has 2 amide bonds. The maximum absolute atomic E-state index is 13.0. The van der Waals surface area contributed by atoms with E-state index in [2.05, 4.69) is 15.2 Å². The van der Waals surface area contributed by atoms with Crippen LogP contribution in [0.5, 0.6) is 0 Å². The minimum atomic E-state index is -0.264. The Morgan fingerprint density at radius 1 is 1.07 bits per heavy atom. The summed E-state index contributed by atoms with van der Waals surface area (Å²) in [6.45, 7) is 5.62. The SMILES string of the molecule is Cc1ccc(C(=O)N2CCN(Cc3ccccn3)CC2)cc1NC(=O)c1ccoc1. The van der Waals surface area contributed by atoms with Gasteiger partial charge in [-0.1, -0.05) is 12.1 Å². The second-order valence-corrected chi connectivity index (χ2v) is 7.39. The van der Waals surface area contributed by atoms with E-state index in [-0.39, 0.29) is 11.8 Å². The fraction of sp³-hybridized carbons (Fsp3) is 0.261. The van der Waals surface area contributed by atoms with Gasteiger partial charge in [0.15, 0.2) is 0 Å². The number of aryl methyl sites for hydroxylation is 1. The van der Waals surface area contributed by atoms with Crippen molar-refractivity contribution in [3.63, 3.8) is 0 Å². The quantitative estimate of drug-likeness (QED) is 0.707. The van der Waals surface area contributed by atoms with Gasteiger partial charge in [0, 0.05) is 50.2 Å². The van der Waals surface area contributed by atoms with Gasteiger partial charge in [0.25, 0.3) is 11.8 Å². The maximum atomic E-state index is 13.0. The molecule has 3 heterocycles. The molecule has 30 heavy (non-hydrogen) atoms. The smallest absolute Gasteiger partial charge is 0.258 e. The summed E-state index contributed by atoms with van der Waals surface area (Å²) in [6, 6.07) is 12.9. The number of hydrogen-bond acceptors (Lipinski definition) is 5. The summed E-state index contributed by atoms with van der Waals surface area (Å²) in [5, 5.41) is 2.86.